The molecule has 0 radical (unpaired) electrons. The molecule has 52 heavy (non-hydrogen) atoms. The fourth-order valence-electron chi connectivity index (χ4n) is 6.96. The molecule has 4 aromatic carbocycles. The van der Waals surface area contributed by atoms with Gasteiger partial charge in [0.25, 0.3) is 0 Å². The Morgan fingerprint density at radius 2 is 1.37 bits per heavy atom. The SMILES string of the molecule is CCOc1ccccc1CNC(=O)[C@@H](NC[C@H]1C[C@@H](SC(c2ccccc2)(c2ccccc2)c2ccccc2)CN1C(=O)OC(C)(C)C)[C@@H](C)CC. The topological polar surface area (TPSA) is 79.9 Å². The lowest BCUT2D eigenvalue weighted by Gasteiger charge is -2.37. The lowest BCUT2D eigenvalue weighted by Crippen LogP contribution is -2.52. The van der Waals surface area contributed by atoms with E-state index < -0.39 is 16.4 Å². The number of amides is 2. The fraction of sp³-hybridized carbons (Fsp3) is 0.409. The molecule has 1 aliphatic rings. The number of para-hydroxylation sites is 1. The minimum absolute atomic E-state index is 0.0651. The maximum absolute atomic E-state index is 13.9. The number of likely N-dealkylation sites (tertiary alicyclic amines) is 1. The normalized spacial score (nSPS) is 17.3. The predicted molar refractivity (Wildman–Crippen MR) is 213 cm³/mol. The third-order valence-corrected chi connectivity index (χ3v) is 11.4. The van der Waals surface area contributed by atoms with E-state index in [1.807, 2.05) is 68.6 Å². The Kier molecular flexibility index (Phi) is 13.5. The molecule has 2 amide bonds. The molecule has 1 heterocycles. The van der Waals surface area contributed by atoms with Crippen molar-refractivity contribution in [1.29, 1.82) is 0 Å². The third kappa shape index (κ3) is 9.58. The average molecular weight is 722 g/mol. The molecule has 0 spiro atoms. The van der Waals surface area contributed by atoms with E-state index in [1.165, 1.54) is 16.7 Å². The number of rotatable bonds is 15. The lowest BCUT2D eigenvalue weighted by atomic mass is 9.84. The van der Waals surface area contributed by atoms with E-state index in [4.69, 9.17) is 9.47 Å². The summed E-state index contributed by atoms with van der Waals surface area (Å²) in [6, 6.07) is 39.2. The highest BCUT2D eigenvalue weighted by Gasteiger charge is 2.45. The van der Waals surface area contributed by atoms with E-state index in [0.717, 1.165) is 24.2 Å². The Labute approximate surface area is 314 Å². The van der Waals surface area contributed by atoms with Crippen LogP contribution in [0.25, 0.3) is 0 Å². The first-order chi connectivity index (χ1) is 25.1. The van der Waals surface area contributed by atoms with Gasteiger partial charge >= 0.3 is 6.09 Å². The van der Waals surface area contributed by atoms with Gasteiger partial charge < -0.3 is 25.0 Å². The van der Waals surface area contributed by atoms with Crippen LogP contribution in [0.1, 0.15) is 76.6 Å². The molecule has 2 N–H and O–H groups in total. The van der Waals surface area contributed by atoms with Crippen molar-refractivity contribution >= 4 is 23.8 Å². The van der Waals surface area contributed by atoms with Gasteiger partial charge in [-0.2, -0.15) is 0 Å². The summed E-state index contributed by atoms with van der Waals surface area (Å²) in [5.41, 5.74) is 3.84. The smallest absolute Gasteiger partial charge is 0.410 e. The molecule has 4 aromatic rings. The van der Waals surface area contributed by atoms with E-state index in [2.05, 4.69) is 115 Å². The van der Waals surface area contributed by atoms with Crippen LogP contribution in [0.4, 0.5) is 4.79 Å². The van der Waals surface area contributed by atoms with Gasteiger partial charge in [0.1, 0.15) is 11.4 Å². The summed E-state index contributed by atoms with van der Waals surface area (Å²) in [6.45, 7) is 13.8. The van der Waals surface area contributed by atoms with Gasteiger partial charge in [-0.25, -0.2) is 4.79 Å². The van der Waals surface area contributed by atoms with Gasteiger partial charge in [0, 0.05) is 36.5 Å². The monoisotopic (exact) mass is 721 g/mol. The molecule has 276 valence electrons. The molecule has 1 aliphatic heterocycles. The van der Waals surface area contributed by atoms with E-state index >= 15 is 0 Å². The molecule has 8 heteroatoms. The molecule has 0 aliphatic carbocycles. The molecule has 1 fully saturated rings. The molecule has 0 unspecified atom stereocenters. The van der Waals surface area contributed by atoms with Gasteiger partial charge in [-0.3, -0.25) is 4.79 Å². The molecular weight excluding hydrogens is 667 g/mol. The maximum Gasteiger partial charge on any atom is 0.410 e. The molecule has 1 saturated heterocycles. The first-order valence-electron chi connectivity index (χ1n) is 18.6. The van der Waals surface area contributed by atoms with Crippen LogP contribution in [0.2, 0.25) is 0 Å². The quantitative estimate of drug-likeness (QED) is 0.120. The second-order valence-corrected chi connectivity index (χ2v) is 16.1. The first-order valence-corrected chi connectivity index (χ1v) is 19.5. The zero-order valence-corrected chi connectivity index (χ0v) is 32.3. The van der Waals surface area contributed by atoms with Gasteiger partial charge in [0.2, 0.25) is 5.91 Å². The number of hydrogen-bond donors (Lipinski definition) is 2. The Morgan fingerprint density at radius 1 is 0.827 bits per heavy atom. The van der Waals surface area contributed by atoms with E-state index in [9.17, 15) is 9.59 Å². The van der Waals surface area contributed by atoms with Crippen molar-refractivity contribution in [2.45, 2.75) is 88.6 Å². The van der Waals surface area contributed by atoms with Crippen LogP contribution >= 0.6 is 11.8 Å². The Bertz CT molecular complexity index is 1620. The highest BCUT2D eigenvalue weighted by molar-refractivity contribution is 8.01. The van der Waals surface area contributed by atoms with Crippen LogP contribution in [0.15, 0.2) is 115 Å². The van der Waals surface area contributed by atoms with Gasteiger partial charge in [-0.05, 0) is 62.8 Å². The van der Waals surface area contributed by atoms with E-state index in [0.29, 0.717) is 26.2 Å². The number of carbonyl (C=O) groups excluding carboxylic acids is 2. The molecular formula is C44H55N3O4S. The van der Waals surface area contributed by atoms with Gasteiger partial charge in [-0.15, -0.1) is 11.8 Å². The largest absolute Gasteiger partial charge is 0.494 e. The number of hydrogen-bond acceptors (Lipinski definition) is 6. The lowest BCUT2D eigenvalue weighted by molar-refractivity contribution is -0.124. The van der Waals surface area contributed by atoms with Crippen LogP contribution in [0.5, 0.6) is 5.75 Å². The number of thioether (sulfide) groups is 1. The highest BCUT2D eigenvalue weighted by atomic mass is 32.2. The molecule has 0 saturated carbocycles. The van der Waals surface area contributed by atoms with Crippen LogP contribution in [0.3, 0.4) is 0 Å². The minimum Gasteiger partial charge on any atom is -0.494 e. The van der Waals surface area contributed by atoms with Gasteiger partial charge in [0.05, 0.1) is 17.4 Å². The van der Waals surface area contributed by atoms with Crippen molar-refractivity contribution in [2.75, 3.05) is 19.7 Å². The van der Waals surface area contributed by atoms with Crippen molar-refractivity contribution in [3.05, 3.63) is 138 Å². The number of nitrogens with zero attached hydrogens (tertiary/aromatic N) is 1. The molecule has 0 bridgehead atoms. The standard InChI is InChI=1S/C44H55N3O4S/c1-7-32(3)40(41(48)46-29-33-20-18-19-27-39(33)50-8-2)45-30-37-28-38(31-47(37)42(49)51-43(4,5)6)52-44(34-21-12-9-13-22-34,35-23-14-10-15-24-35)36-25-16-11-17-26-36/h9-27,32,37-38,40,45H,7-8,28-31H2,1-6H3,(H,46,48)/t32-,37+,38+,40-/m0/s1. The summed E-state index contributed by atoms with van der Waals surface area (Å²) in [5.74, 6) is 0.786. The predicted octanol–water partition coefficient (Wildman–Crippen LogP) is 8.81. The van der Waals surface area contributed by atoms with Crippen molar-refractivity contribution in [3.63, 3.8) is 0 Å². The van der Waals surface area contributed by atoms with Crippen LogP contribution < -0.4 is 15.4 Å². The molecule has 5 rings (SSSR count). The number of benzene rings is 4. The highest BCUT2D eigenvalue weighted by Crippen LogP contribution is 2.52. The molecule has 7 nitrogen and oxygen atoms in total. The molecule has 0 aromatic heterocycles. The number of carbonyl (C=O) groups is 2. The summed E-state index contributed by atoms with van der Waals surface area (Å²) in [4.78, 5) is 29.6. The second kappa shape index (κ2) is 18.0. The number of nitrogens with one attached hydrogen (secondary N) is 2. The van der Waals surface area contributed by atoms with Crippen LogP contribution in [-0.4, -0.2) is 59.5 Å². The summed E-state index contributed by atoms with van der Waals surface area (Å²) in [6.07, 6.45) is 1.24. The summed E-state index contributed by atoms with van der Waals surface area (Å²) < 4.78 is 11.3. The maximum atomic E-state index is 13.9. The van der Waals surface area contributed by atoms with Crippen LogP contribution in [-0.2, 0) is 20.8 Å². The second-order valence-electron chi connectivity index (χ2n) is 14.6. The van der Waals surface area contributed by atoms with Crippen molar-refractivity contribution in [2.24, 2.45) is 5.92 Å². The zero-order valence-electron chi connectivity index (χ0n) is 31.5. The van der Waals surface area contributed by atoms with E-state index in [-0.39, 0.29) is 29.2 Å². The zero-order chi connectivity index (χ0) is 37.1. The average Bonchev–Trinajstić information content (AvgIpc) is 3.56. The van der Waals surface area contributed by atoms with Gasteiger partial charge in [-0.1, -0.05) is 129 Å². The Balaban J connectivity index is 1.42. The molecule has 4 atom stereocenters. The van der Waals surface area contributed by atoms with Crippen molar-refractivity contribution < 1.29 is 19.1 Å². The first kappa shape index (κ1) is 38.9. The van der Waals surface area contributed by atoms with Crippen LogP contribution in [0, 0.1) is 5.92 Å². The third-order valence-electron chi connectivity index (χ3n) is 9.68. The van der Waals surface area contributed by atoms with E-state index in [1.54, 1.807) is 0 Å². The summed E-state index contributed by atoms with van der Waals surface area (Å²) >= 11 is 1.90. The minimum atomic E-state index is -0.640. The Morgan fingerprint density at radius 3 is 1.88 bits per heavy atom. The number of ether oxygens (including phenoxy) is 2. The van der Waals surface area contributed by atoms with Crippen molar-refractivity contribution in [3.8, 4) is 5.75 Å². The van der Waals surface area contributed by atoms with Crippen molar-refractivity contribution in [1.82, 2.24) is 15.5 Å². The summed E-state index contributed by atoms with van der Waals surface area (Å²) in [7, 11) is 0. The van der Waals surface area contributed by atoms with Gasteiger partial charge in [0.15, 0.2) is 0 Å². The Hall–Kier alpha value is -4.27. The fourth-order valence-corrected chi connectivity index (χ4v) is 8.83. The summed E-state index contributed by atoms with van der Waals surface area (Å²) in [5, 5.41) is 6.84.